The molecule has 0 fully saturated rings. The van der Waals surface area contributed by atoms with Crippen molar-refractivity contribution in [2.75, 3.05) is 0 Å². The van der Waals surface area contributed by atoms with E-state index in [4.69, 9.17) is 16.7 Å². The molecule has 3 aromatic rings. The standard InChI is InChI=1S/C18H13ClFNO3/c1-10-13(9-17(22)23)12-4-2-3-5-16(12)21(10)18(24)11-6-7-15(20)14(19)8-11/h2-8H,9H2,1H3,(H,22,23). The molecule has 1 aromatic heterocycles. The van der Waals surface area contributed by atoms with Crippen LogP contribution in [0.2, 0.25) is 5.02 Å². The van der Waals surface area contributed by atoms with Crippen molar-refractivity contribution in [3.05, 3.63) is 70.1 Å². The van der Waals surface area contributed by atoms with Crippen LogP contribution in [0.5, 0.6) is 0 Å². The quantitative estimate of drug-likeness (QED) is 0.778. The molecule has 0 aliphatic carbocycles. The van der Waals surface area contributed by atoms with Crippen molar-refractivity contribution < 1.29 is 19.1 Å². The number of para-hydroxylation sites is 1. The van der Waals surface area contributed by atoms with Gasteiger partial charge in [0.25, 0.3) is 5.91 Å². The molecule has 0 atom stereocenters. The van der Waals surface area contributed by atoms with E-state index in [0.717, 1.165) is 6.07 Å². The van der Waals surface area contributed by atoms with E-state index in [1.165, 1.54) is 16.7 Å². The monoisotopic (exact) mass is 345 g/mol. The summed E-state index contributed by atoms with van der Waals surface area (Å²) in [7, 11) is 0. The molecule has 4 nitrogen and oxygen atoms in total. The Morgan fingerprint density at radius 2 is 1.92 bits per heavy atom. The average molecular weight is 346 g/mol. The van der Waals surface area contributed by atoms with Crippen molar-refractivity contribution in [1.82, 2.24) is 4.57 Å². The highest BCUT2D eigenvalue weighted by Gasteiger charge is 2.21. The Balaban J connectivity index is 2.21. The maximum atomic E-state index is 13.3. The molecule has 0 unspecified atom stereocenters. The number of carboxylic acids is 1. The topological polar surface area (TPSA) is 59.3 Å². The number of carbonyl (C=O) groups excluding carboxylic acids is 1. The van der Waals surface area contributed by atoms with Gasteiger partial charge in [-0.1, -0.05) is 29.8 Å². The van der Waals surface area contributed by atoms with Crippen LogP contribution in [-0.4, -0.2) is 21.6 Å². The summed E-state index contributed by atoms with van der Waals surface area (Å²) in [5.74, 6) is -1.96. The van der Waals surface area contributed by atoms with Gasteiger partial charge >= 0.3 is 5.97 Å². The lowest BCUT2D eigenvalue weighted by molar-refractivity contribution is -0.136. The van der Waals surface area contributed by atoms with Crippen molar-refractivity contribution in [3.63, 3.8) is 0 Å². The highest BCUT2D eigenvalue weighted by Crippen LogP contribution is 2.28. The minimum absolute atomic E-state index is 0.138. The van der Waals surface area contributed by atoms with Gasteiger partial charge in [-0.15, -0.1) is 0 Å². The summed E-state index contributed by atoms with van der Waals surface area (Å²) in [6.07, 6.45) is -0.184. The number of carboxylic acid groups (broad SMARTS) is 1. The fourth-order valence-electron chi connectivity index (χ4n) is 2.83. The molecule has 0 saturated heterocycles. The third-order valence-electron chi connectivity index (χ3n) is 3.94. The van der Waals surface area contributed by atoms with Gasteiger partial charge in [0, 0.05) is 16.6 Å². The smallest absolute Gasteiger partial charge is 0.307 e. The van der Waals surface area contributed by atoms with E-state index in [-0.39, 0.29) is 22.9 Å². The minimum atomic E-state index is -0.974. The summed E-state index contributed by atoms with van der Waals surface area (Å²) in [4.78, 5) is 24.0. The Morgan fingerprint density at radius 1 is 1.21 bits per heavy atom. The predicted octanol–water partition coefficient (Wildman–Crippen LogP) is 4.06. The van der Waals surface area contributed by atoms with Gasteiger partial charge in [0.15, 0.2) is 0 Å². The van der Waals surface area contributed by atoms with E-state index in [0.29, 0.717) is 22.2 Å². The second-order valence-electron chi connectivity index (χ2n) is 5.42. The summed E-state index contributed by atoms with van der Waals surface area (Å²) < 4.78 is 14.8. The van der Waals surface area contributed by atoms with Crippen LogP contribution in [0.25, 0.3) is 10.9 Å². The molecular weight excluding hydrogens is 333 g/mol. The zero-order chi connectivity index (χ0) is 17.4. The second kappa shape index (κ2) is 6.09. The maximum Gasteiger partial charge on any atom is 0.307 e. The first-order valence-electron chi connectivity index (χ1n) is 7.20. The number of hydrogen-bond donors (Lipinski definition) is 1. The minimum Gasteiger partial charge on any atom is -0.481 e. The van der Waals surface area contributed by atoms with Crippen molar-refractivity contribution in [1.29, 1.82) is 0 Å². The number of aromatic nitrogens is 1. The Labute approximate surface area is 142 Å². The summed E-state index contributed by atoms with van der Waals surface area (Å²) >= 11 is 5.76. The average Bonchev–Trinajstić information content (AvgIpc) is 2.81. The van der Waals surface area contributed by atoms with Gasteiger partial charge in [-0.05, 0) is 36.8 Å². The lowest BCUT2D eigenvalue weighted by Gasteiger charge is -2.08. The van der Waals surface area contributed by atoms with Crippen LogP contribution in [0.15, 0.2) is 42.5 Å². The predicted molar refractivity (Wildman–Crippen MR) is 89.2 cm³/mol. The number of rotatable bonds is 3. The maximum absolute atomic E-state index is 13.3. The summed E-state index contributed by atoms with van der Waals surface area (Å²) in [5.41, 5.74) is 1.97. The lowest BCUT2D eigenvalue weighted by Crippen LogP contribution is -2.14. The molecule has 1 heterocycles. The van der Waals surface area contributed by atoms with Gasteiger partial charge in [0.2, 0.25) is 0 Å². The molecular formula is C18H13ClFNO3. The lowest BCUT2D eigenvalue weighted by atomic mass is 10.1. The van der Waals surface area contributed by atoms with Crippen LogP contribution in [0, 0.1) is 12.7 Å². The number of hydrogen-bond acceptors (Lipinski definition) is 2. The van der Waals surface area contributed by atoms with Crippen LogP contribution < -0.4 is 0 Å². The Bertz CT molecular complexity index is 978. The number of nitrogens with zero attached hydrogens (tertiary/aromatic N) is 1. The van der Waals surface area contributed by atoms with Crippen LogP contribution >= 0.6 is 11.6 Å². The Kier molecular flexibility index (Phi) is 4.11. The summed E-state index contributed by atoms with van der Waals surface area (Å²) in [5, 5.41) is 9.70. The van der Waals surface area contributed by atoms with E-state index < -0.39 is 11.8 Å². The molecule has 6 heteroatoms. The Hall–Kier alpha value is -2.66. The van der Waals surface area contributed by atoms with Gasteiger partial charge in [-0.2, -0.15) is 0 Å². The third kappa shape index (κ3) is 2.67. The van der Waals surface area contributed by atoms with Crippen LogP contribution in [-0.2, 0) is 11.2 Å². The molecule has 1 N–H and O–H groups in total. The highest BCUT2D eigenvalue weighted by molar-refractivity contribution is 6.31. The fraction of sp³-hybridized carbons (Fsp3) is 0.111. The van der Waals surface area contributed by atoms with E-state index >= 15 is 0 Å². The molecule has 0 aliphatic rings. The SMILES string of the molecule is Cc1c(CC(=O)O)c2ccccc2n1C(=O)c1ccc(F)c(Cl)c1. The van der Waals surface area contributed by atoms with Gasteiger partial charge in [0.1, 0.15) is 5.82 Å². The molecule has 0 bridgehead atoms. The van der Waals surface area contributed by atoms with E-state index in [2.05, 4.69) is 0 Å². The second-order valence-corrected chi connectivity index (χ2v) is 5.83. The van der Waals surface area contributed by atoms with Crippen molar-refractivity contribution >= 4 is 34.4 Å². The first-order chi connectivity index (χ1) is 11.4. The largest absolute Gasteiger partial charge is 0.481 e. The molecule has 24 heavy (non-hydrogen) atoms. The number of benzene rings is 2. The number of aliphatic carboxylic acids is 1. The molecule has 122 valence electrons. The molecule has 0 spiro atoms. The van der Waals surface area contributed by atoms with E-state index in [1.54, 1.807) is 31.2 Å². The van der Waals surface area contributed by atoms with Gasteiger partial charge < -0.3 is 5.11 Å². The van der Waals surface area contributed by atoms with Crippen molar-refractivity contribution in [2.24, 2.45) is 0 Å². The van der Waals surface area contributed by atoms with Crippen LogP contribution in [0.1, 0.15) is 21.6 Å². The van der Waals surface area contributed by atoms with Gasteiger partial charge in [-0.25, -0.2) is 4.39 Å². The molecule has 0 saturated carbocycles. The summed E-state index contributed by atoms with van der Waals surface area (Å²) in [6.45, 7) is 1.70. The highest BCUT2D eigenvalue weighted by atomic mass is 35.5. The van der Waals surface area contributed by atoms with Crippen LogP contribution in [0.4, 0.5) is 4.39 Å². The fourth-order valence-corrected chi connectivity index (χ4v) is 3.01. The molecule has 3 rings (SSSR count). The van der Waals surface area contributed by atoms with E-state index in [9.17, 15) is 14.0 Å². The number of carbonyl (C=O) groups is 2. The molecule has 0 aliphatic heterocycles. The van der Waals surface area contributed by atoms with Crippen molar-refractivity contribution in [3.8, 4) is 0 Å². The number of halogens is 2. The normalized spacial score (nSPS) is 11.0. The molecule has 0 radical (unpaired) electrons. The first-order valence-corrected chi connectivity index (χ1v) is 7.58. The van der Waals surface area contributed by atoms with Crippen LogP contribution in [0.3, 0.4) is 0 Å². The zero-order valence-electron chi connectivity index (χ0n) is 12.7. The summed E-state index contributed by atoms with van der Waals surface area (Å²) in [6, 6.07) is 10.8. The molecule has 2 aromatic carbocycles. The third-order valence-corrected chi connectivity index (χ3v) is 4.23. The first kappa shape index (κ1) is 16.2. The van der Waals surface area contributed by atoms with Crippen molar-refractivity contribution in [2.45, 2.75) is 13.3 Å². The number of fused-ring (bicyclic) bond motifs is 1. The van der Waals surface area contributed by atoms with E-state index in [1.807, 2.05) is 0 Å². The van der Waals surface area contributed by atoms with Gasteiger partial charge in [-0.3, -0.25) is 14.2 Å². The molecule has 0 amide bonds. The zero-order valence-corrected chi connectivity index (χ0v) is 13.5. The Morgan fingerprint density at radius 3 is 2.58 bits per heavy atom. The van der Waals surface area contributed by atoms with Gasteiger partial charge in [0.05, 0.1) is 17.0 Å².